The fraction of sp³-hybridized carbons (Fsp3) is 0.333. The molecule has 6 heteroatoms. The first-order valence-electron chi connectivity index (χ1n) is 8.85. The summed E-state index contributed by atoms with van der Waals surface area (Å²) in [6.45, 7) is 8.20. The van der Waals surface area contributed by atoms with Crippen LogP contribution in [-0.4, -0.2) is 23.5 Å². The molecule has 5 nitrogen and oxygen atoms in total. The maximum Gasteiger partial charge on any atom is 0.219 e. The summed E-state index contributed by atoms with van der Waals surface area (Å²) >= 11 is 6.27. The molecule has 0 fully saturated rings. The van der Waals surface area contributed by atoms with Gasteiger partial charge in [0.25, 0.3) is 0 Å². The van der Waals surface area contributed by atoms with E-state index in [0.717, 1.165) is 5.56 Å². The zero-order chi connectivity index (χ0) is 19.8. The van der Waals surface area contributed by atoms with E-state index in [2.05, 4.69) is 24.1 Å². The normalized spacial score (nSPS) is 12.2. The molecule has 0 saturated heterocycles. The molecule has 0 radical (unpaired) electrons. The number of pyridine rings is 1. The Bertz CT molecular complexity index is 789. The minimum Gasteiger partial charge on any atom is -0.493 e. The number of halogens is 1. The lowest BCUT2D eigenvalue weighted by Crippen LogP contribution is -2.28. The van der Waals surface area contributed by atoms with E-state index in [4.69, 9.17) is 21.1 Å². The lowest BCUT2D eigenvalue weighted by molar-refractivity contribution is -0.119. The van der Waals surface area contributed by atoms with Crippen LogP contribution < -0.4 is 14.8 Å². The number of nitrogens with zero attached hydrogens (tertiary/aromatic N) is 1. The minimum atomic E-state index is -0.0634. The van der Waals surface area contributed by atoms with Crippen molar-refractivity contribution in [2.75, 3.05) is 6.61 Å². The smallest absolute Gasteiger partial charge is 0.219 e. The van der Waals surface area contributed by atoms with Gasteiger partial charge in [-0.3, -0.25) is 4.79 Å². The summed E-state index contributed by atoms with van der Waals surface area (Å²) in [4.78, 5) is 15.3. The van der Waals surface area contributed by atoms with Crippen molar-refractivity contribution in [3.05, 3.63) is 53.2 Å². The molecule has 1 atom stereocenters. The van der Waals surface area contributed by atoms with Gasteiger partial charge in [-0.1, -0.05) is 37.6 Å². The molecule has 0 saturated carbocycles. The van der Waals surface area contributed by atoms with Gasteiger partial charge in [0.05, 0.1) is 11.6 Å². The fourth-order valence-corrected chi connectivity index (χ4v) is 2.41. The zero-order valence-electron chi connectivity index (χ0n) is 16.0. The van der Waals surface area contributed by atoms with Gasteiger partial charge in [0.2, 0.25) is 11.8 Å². The first kappa shape index (κ1) is 20.8. The van der Waals surface area contributed by atoms with Crippen molar-refractivity contribution in [3.63, 3.8) is 0 Å². The third-order valence-corrected chi connectivity index (χ3v) is 3.76. The van der Waals surface area contributed by atoms with E-state index in [9.17, 15) is 4.79 Å². The van der Waals surface area contributed by atoms with Gasteiger partial charge in [-0.05, 0) is 36.6 Å². The van der Waals surface area contributed by atoms with Crippen molar-refractivity contribution in [2.45, 2.75) is 33.7 Å². The van der Waals surface area contributed by atoms with E-state index in [1.54, 1.807) is 24.4 Å². The molecule has 1 N–H and O–H groups in total. The van der Waals surface area contributed by atoms with Crippen LogP contribution in [0.1, 0.15) is 33.3 Å². The Kier molecular flexibility index (Phi) is 7.67. The van der Waals surface area contributed by atoms with Gasteiger partial charge in [-0.2, -0.15) is 0 Å². The number of carbonyl (C=O) groups excluding carboxylic acids is 1. The number of ether oxygens (including phenoxy) is 2. The van der Waals surface area contributed by atoms with Gasteiger partial charge < -0.3 is 14.8 Å². The molecule has 0 aliphatic carbocycles. The average Bonchev–Trinajstić information content (AvgIpc) is 2.61. The Morgan fingerprint density at radius 3 is 2.63 bits per heavy atom. The van der Waals surface area contributed by atoms with Crippen LogP contribution in [0.15, 0.2) is 42.6 Å². The summed E-state index contributed by atoms with van der Waals surface area (Å²) in [6, 6.07) is 8.93. The lowest BCUT2D eigenvalue weighted by Gasteiger charge is -2.11. The Morgan fingerprint density at radius 1 is 1.26 bits per heavy atom. The Hall–Kier alpha value is -2.53. The minimum absolute atomic E-state index is 0.0475. The molecular formula is C21H25ClN2O3. The van der Waals surface area contributed by atoms with Gasteiger partial charge in [-0.15, -0.1) is 0 Å². The molecule has 1 aromatic carbocycles. The van der Waals surface area contributed by atoms with E-state index >= 15 is 0 Å². The molecule has 1 amide bonds. The fourth-order valence-electron chi connectivity index (χ4n) is 2.20. The molecule has 0 unspecified atom stereocenters. The number of carbonyl (C=O) groups is 1. The third-order valence-electron chi connectivity index (χ3n) is 3.47. The highest BCUT2D eigenvalue weighted by atomic mass is 35.5. The average molecular weight is 389 g/mol. The molecule has 2 rings (SSSR count). The molecule has 0 aliphatic heterocycles. The number of rotatable bonds is 8. The van der Waals surface area contributed by atoms with Gasteiger partial charge >= 0.3 is 0 Å². The van der Waals surface area contributed by atoms with Crippen LogP contribution in [0.4, 0.5) is 0 Å². The number of amides is 1. The van der Waals surface area contributed by atoms with Crippen molar-refractivity contribution in [3.8, 4) is 17.4 Å². The Balaban J connectivity index is 1.98. The van der Waals surface area contributed by atoms with Crippen LogP contribution >= 0.6 is 11.6 Å². The van der Waals surface area contributed by atoms with Gasteiger partial charge in [0.1, 0.15) is 11.5 Å². The second-order valence-corrected chi connectivity index (χ2v) is 7.08. The van der Waals surface area contributed by atoms with Gasteiger partial charge in [0.15, 0.2) is 0 Å². The number of nitrogens with one attached hydrogen (secondary N) is 1. The van der Waals surface area contributed by atoms with E-state index in [0.29, 0.717) is 34.9 Å². The summed E-state index contributed by atoms with van der Waals surface area (Å²) in [5.41, 5.74) is 0.906. The van der Waals surface area contributed by atoms with E-state index in [-0.39, 0.29) is 11.9 Å². The van der Waals surface area contributed by atoms with E-state index in [1.807, 2.05) is 31.2 Å². The molecule has 27 heavy (non-hydrogen) atoms. The first-order chi connectivity index (χ1) is 12.8. The maximum absolute atomic E-state index is 11.0. The van der Waals surface area contributed by atoms with Crippen molar-refractivity contribution >= 4 is 23.6 Å². The van der Waals surface area contributed by atoms with Gasteiger partial charge in [0, 0.05) is 31.3 Å². The predicted octanol–water partition coefficient (Wildman–Crippen LogP) is 5.10. The summed E-state index contributed by atoms with van der Waals surface area (Å²) in [7, 11) is 0. The van der Waals surface area contributed by atoms with Crippen LogP contribution in [0, 0.1) is 5.92 Å². The topological polar surface area (TPSA) is 60.5 Å². The quantitative estimate of drug-likeness (QED) is 0.683. The zero-order valence-corrected chi connectivity index (χ0v) is 16.8. The van der Waals surface area contributed by atoms with Crippen LogP contribution in [-0.2, 0) is 4.79 Å². The van der Waals surface area contributed by atoms with Crippen LogP contribution in [0.2, 0.25) is 5.02 Å². The molecule has 0 bridgehead atoms. The monoisotopic (exact) mass is 388 g/mol. The second kappa shape index (κ2) is 9.97. The van der Waals surface area contributed by atoms with Crippen molar-refractivity contribution in [2.24, 2.45) is 5.92 Å². The number of hydrogen-bond donors (Lipinski definition) is 1. The summed E-state index contributed by atoms with van der Waals surface area (Å²) < 4.78 is 11.4. The number of benzene rings is 1. The maximum atomic E-state index is 11.0. The van der Waals surface area contributed by atoms with Crippen LogP contribution in [0.3, 0.4) is 0 Å². The largest absolute Gasteiger partial charge is 0.493 e. The molecular weight excluding hydrogens is 364 g/mol. The second-order valence-electron chi connectivity index (χ2n) is 6.68. The van der Waals surface area contributed by atoms with Crippen molar-refractivity contribution in [1.29, 1.82) is 0 Å². The van der Waals surface area contributed by atoms with Crippen molar-refractivity contribution in [1.82, 2.24) is 10.3 Å². The van der Waals surface area contributed by atoms with Crippen molar-refractivity contribution < 1.29 is 14.3 Å². The molecule has 0 spiro atoms. The number of aromatic nitrogens is 1. The van der Waals surface area contributed by atoms with E-state index < -0.39 is 0 Å². The highest BCUT2D eigenvalue weighted by Gasteiger charge is 2.07. The van der Waals surface area contributed by atoms with Crippen LogP contribution in [0.25, 0.3) is 6.08 Å². The third kappa shape index (κ3) is 7.31. The Labute approximate surface area is 165 Å². The molecule has 1 aromatic heterocycles. The summed E-state index contributed by atoms with van der Waals surface area (Å²) in [6.07, 6.45) is 5.48. The molecule has 1 heterocycles. The molecule has 144 valence electrons. The summed E-state index contributed by atoms with van der Waals surface area (Å²) in [5.74, 6) is 2.05. The highest BCUT2D eigenvalue weighted by Crippen LogP contribution is 2.32. The number of hydrogen-bond acceptors (Lipinski definition) is 4. The molecule has 2 aromatic rings. The summed E-state index contributed by atoms with van der Waals surface area (Å²) in [5, 5.41) is 3.25. The molecule has 0 aliphatic rings. The SMILES string of the molecule is CC(=O)N[C@@H](C)C=Cc1ccc(Oc2ccc(OCC(C)C)cc2Cl)nc1. The first-order valence-corrected chi connectivity index (χ1v) is 9.23. The van der Waals surface area contributed by atoms with E-state index in [1.165, 1.54) is 6.92 Å². The Morgan fingerprint density at radius 2 is 2.04 bits per heavy atom. The van der Waals surface area contributed by atoms with Gasteiger partial charge in [-0.25, -0.2) is 4.98 Å². The highest BCUT2D eigenvalue weighted by molar-refractivity contribution is 6.32. The standard InChI is InChI=1S/C21H25ClN2O3/c1-14(2)13-26-18-8-9-20(19(22)11-18)27-21-10-7-17(12-23-21)6-5-15(3)24-16(4)25/h5-12,14-15H,13H2,1-4H3,(H,24,25)/t15-/m0/s1. The lowest BCUT2D eigenvalue weighted by atomic mass is 10.2. The predicted molar refractivity (Wildman–Crippen MR) is 108 cm³/mol. The van der Waals surface area contributed by atoms with Crippen LogP contribution in [0.5, 0.6) is 17.4 Å².